The van der Waals surface area contributed by atoms with Crippen LogP contribution in [0.5, 0.6) is 0 Å². The molecule has 1 N–H and O–H groups in total. The SMILES string of the molecule is CC(NC1CCCCCC1)c1ccncc1. The van der Waals surface area contributed by atoms with Crippen molar-refractivity contribution in [1.29, 1.82) is 0 Å². The van der Waals surface area contributed by atoms with Crippen LogP contribution in [0.1, 0.15) is 57.1 Å². The standard InChI is InChI=1S/C14H22N2/c1-12(13-8-10-15-11-9-13)16-14-6-4-2-3-5-7-14/h8-12,14,16H,2-7H2,1H3. The summed E-state index contributed by atoms with van der Waals surface area (Å²) in [4.78, 5) is 4.06. The van der Waals surface area contributed by atoms with Crippen molar-refractivity contribution in [3.05, 3.63) is 30.1 Å². The Bertz CT molecular complexity index is 289. The van der Waals surface area contributed by atoms with E-state index in [1.807, 2.05) is 12.4 Å². The first-order chi connectivity index (χ1) is 7.86. The molecule has 1 aliphatic rings. The van der Waals surface area contributed by atoms with Gasteiger partial charge in [0, 0.05) is 24.5 Å². The number of hydrogen-bond donors (Lipinski definition) is 1. The molecule has 0 spiro atoms. The molecule has 1 unspecified atom stereocenters. The van der Waals surface area contributed by atoms with Gasteiger partial charge in [0.15, 0.2) is 0 Å². The summed E-state index contributed by atoms with van der Waals surface area (Å²) in [6.45, 7) is 2.25. The summed E-state index contributed by atoms with van der Waals surface area (Å²) in [5.41, 5.74) is 1.35. The molecule has 2 heteroatoms. The summed E-state index contributed by atoms with van der Waals surface area (Å²) < 4.78 is 0. The highest BCUT2D eigenvalue weighted by Gasteiger charge is 2.14. The summed E-state index contributed by atoms with van der Waals surface area (Å²) in [7, 11) is 0. The average molecular weight is 218 g/mol. The summed E-state index contributed by atoms with van der Waals surface area (Å²) in [5, 5.41) is 3.75. The summed E-state index contributed by atoms with van der Waals surface area (Å²) in [5.74, 6) is 0. The van der Waals surface area contributed by atoms with Gasteiger partial charge >= 0.3 is 0 Å². The van der Waals surface area contributed by atoms with Crippen LogP contribution in [0.4, 0.5) is 0 Å². The molecule has 2 rings (SSSR count). The van der Waals surface area contributed by atoms with Crippen molar-refractivity contribution in [3.8, 4) is 0 Å². The molecule has 2 nitrogen and oxygen atoms in total. The van der Waals surface area contributed by atoms with E-state index < -0.39 is 0 Å². The molecule has 1 aliphatic carbocycles. The monoisotopic (exact) mass is 218 g/mol. The largest absolute Gasteiger partial charge is 0.307 e. The van der Waals surface area contributed by atoms with Gasteiger partial charge in [0.25, 0.3) is 0 Å². The van der Waals surface area contributed by atoms with Crippen LogP contribution >= 0.6 is 0 Å². The smallest absolute Gasteiger partial charge is 0.0295 e. The second-order valence-electron chi connectivity index (χ2n) is 4.86. The zero-order valence-electron chi connectivity index (χ0n) is 10.2. The molecule has 0 aliphatic heterocycles. The van der Waals surface area contributed by atoms with Crippen LogP contribution in [0, 0.1) is 0 Å². The Hall–Kier alpha value is -0.890. The minimum Gasteiger partial charge on any atom is -0.307 e. The lowest BCUT2D eigenvalue weighted by atomic mass is 10.1. The van der Waals surface area contributed by atoms with Crippen LogP contribution < -0.4 is 5.32 Å². The van der Waals surface area contributed by atoms with Crippen LogP contribution in [0.2, 0.25) is 0 Å². The van der Waals surface area contributed by atoms with E-state index >= 15 is 0 Å². The molecule has 0 bridgehead atoms. The van der Waals surface area contributed by atoms with Crippen molar-refractivity contribution in [1.82, 2.24) is 10.3 Å². The summed E-state index contributed by atoms with van der Waals surface area (Å²) in [6, 6.07) is 5.37. The van der Waals surface area contributed by atoms with Gasteiger partial charge in [-0.2, -0.15) is 0 Å². The van der Waals surface area contributed by atoms with Crippen molar-refractivity contribution in [2.75, 3.05) is 0 Å². The molecule has 1 aromatic heterocycles. The van der Waals surface area contributed by atoms with E-state index in [0.29, 0.717) is 12.1 Å². The molecule has 0 radical (unpaired) electrons. The maximum atomic E-state index is 4.06. The summed E-state index contributed by atoms with van der Waals surface area (Å²) in [6.07, 6.45) is 12.1. The molecular weight excluding hydrogens is 196 g/mol. The first-order valence-electron chi connectivity index (χ1n) is 6.52. The van der Waals surface area contributed by atoms with E-state index in [9.17, 15) is 0 Å². The van der Waals surface area contributed by atoms with Gasteiger partial charge in [-0.1, -0.05) is 25.7 Å². The molecule has 0 amide bonds. The lowest BCUT2D eigenvalue weighted by Crippen LogP contribution is -2.31. The molecular formula is C14H22N2. The lowest BCUT2D eigenvalue weighted by Gasteiger charge is -2.22. The highest BCUT2D eigenvalue weighted by Crippen LogP contribution is 2.20. The highest BCUT2D eigenvalue weighted by atomic mass is 14.9. The maximum absolute atomic E-state index is 4.06. The van der Waals surface area contributed by atoms with Gasteiger partial charge in [-0.25, -0.2) is 0 Å². The molecule has 0 saturated heterocycles. The van der Waals surface area contributed by atoms with Crippen LogP contribution in [-0.4, -0.2) is 11.0 Å². The predicted molar refractivity (Wildman–Crippen MR) is 67.3 cm³/mol. The average Bonchev–Trinajstić information content (AvgIpc) is 2.59. The first kappa shape index (κ1) is 11.6. The zero-order chi connectivity index (χ0) is 11.2. The van der Waals surface area contributed by atoms with E-state index in [-0.39, 0.29) is 0 Å². The van der Waals surface area contributed by atoms with Gasteiger partial charge in [-0.15, -0.1) is 0 Å². The second-order valence-corrected chi connectivity index (χ2v) is 4.86. The molecule has 16 heavy (non-hydrogen) atoms. The van der Waals surface area contributed by atoms with Crippen LogP contribution in [-0.2, 0) is 0 Å². The third-order valence-corrected chi connectivity index (χ3v) is 3.55. The van der Waals surface area contributed by atoms with E-state index in [2.05, 4.69) is 29.4 Å². The second kappa shape index (κ2) is 6.00. The number of rotatable bonds is 3. The molecule has 1 saturated carbocycles. The van der Waals surface area contributed by atoms with Crippen molar-refractivity contribution < 1.29 is 0 Å². The van der Waals surface area contributed by atoms with Crippen LogP contribution in [0.25, 0.3) is 0 Å². The number of nitrogens with zero attached hydrogens (tertiary/aromatic N) is 1. The Morgan fingerprint density at radius 3 is 2.38 bits per heavy atom. The quantitative estimate of drug-likeness (QED) is 0.786. The Morgan fingerprint density at radius 2 is 1.75 bits per heavy atom. The Balaban J connectivity index is 1.88. The van der Waals surface area contributed by atoms with E-state index in [0.717, 1.165) is 0 Å². The third-order valence-electron chi connectivity index (χ3n) is 3.55. The number of pyridine rings is 1. The van der Waals surface area contributed by atoms with Gasteiger partial charge in [-0.05, 0) is 37.5 Å². The third kappa shape index (κ3) is 3.31. The zero-order valence-corrected chi connectivity index (χ0v) is 10.2. The van der Waals surface area contributed by atoms with E-state index in [4.69, 9.17) is 0 Å². The Morgan fingerprint density at radius 1 is 1.12 bits per heavy atom. The van der Waals surface area contributed by atoms with E-state index in [1.165, 1.54) is 44.1 Å². The first-order valence-corrected chi connectivity index (χ1v) is 6.52. The van der Waals surface area contributed by atoms with Gasteiger partial charge < -0.3 is 5.32 Å². The molecule has 1 fully saturated rings. The fourth-order valence-corrected chi connectivity index (χ4v) is 2.55. The highest BCUT2D eigenvalue weighted by molar-refractivity contribution is 5.14. The van der Waals surface area contributed by atoms with Crippen LogP contribution in [0.3, 0.4) is 0 Å². The number of nitrogens with one attached hydrogen (secondary N) is 1. The van der Waals surface area contributed by atoms with Gasteiger partial charge in [-0.3, -0.25) is 4.98 Å². The normalized spacial score (nSPS) is 20.3. The molecule has 88 valence electrons. The van der Waals surface area contributed by atoms with E-state index in [1.54, 1.807) is 0 Å². The Labute approximate surface area is 98.5 Å². The van der Waals surface area contributed by atoms with Gasteiger partial charge in [0.1, 0.15) is 0 Å². The van der Waals surface area contributed by atoms with Gasteiger partial charge in [0.05, 0.1) is 0 Å². The lowest BCUT2D eigenvalue weighted by molar-refractivity contribution is 0.414. The maximum Gasteiger partial charge on any atom is 0.0295 e. The predicted octanol–water partition coefficient (Wildman–Crippen LogP) is 3.46. The molecule has 1 heterocycles. The minimum absolute atomic E-state index is 0.450. The topological polar surface area (TPSA) is 24.9 Å². The van der Waals surface area contributed by atoms with Crippen molar-refractivity contribution in [2.24, 2.45) is 0 Å². The molecule has 0 aromatic carbocycles. The number of aromatic nitrogens is 1. The van der Waals surface area contributed by atoms with Crippen LogP contribution in [0.15, 0.2) is 24.5 Å². The fourth-order valence-electron chi connectivity index (χ4n) is 2.55. The van der Waals surface area contributed by atoms with Crippen molar-refractivity contribution in [2.45, 2.75) is 57.5 Å². The minimum atomic E-state index is 0.450. The Kier molecular flexibility index (Phi) is 4.34. The molecule has 1 atom stereocenters. The van der Waals surface area contributed by atoms with Crippen molar-refractivity contribution in [3.63, 3.8) is 0 Å². The number of hydrogen-bond acceptors (Lipinski definition) is 2. The summed E-state index contributed by atoms with van der Waals surface area (Å²) >= 11 is 0. The van der Waals surface area contributed by atoms with Crippen molar-refractivity contribution >= 4 is 0 Å². The molecule has 1 aromatic rings. The van der Waals surface area contributed by atoms with Gasteiger partial charge in [0.2, 0.25) is 0 Å². The fraction of sp³-hybridized carbons (Fsp3) is 0.643.